The minimum absolute atomic E-state index is 0.180. The van der Waals surface area contributed by atoms with Crippen molar-refractivity contribution in [2.75, 3.05) is 12.4 Å². The zero-order chi connectivity index (χ0) is 15.4. The highest BCUT2D eigenvalue weighted by Crippen LogP contribution is 2.19. The van der Waals surface area contributed by atoms with Crippen molar-refractivity contribution in [3.05, 3.63) is 54.5 Å². The predicted molar refractivity (Wildman–Crippen MR) is 78.9 cm³/mol. The van der Waals surface area contributed by atoms with E-state index in [-0.39, 0.29) is 11.9 Å². The number of nitrogens with zero attached hydrogens (tertiary/aromatic N) is 2. The first-order chi connectivity index (χ1) is 10.8. The number of hydrogen-bond donors (Lipinski definition) is 2. The molecule has 0 unspecified atom stereocenters. The Bertz CT molecular complexity index is 737. The molecule has 2 heterocycles. The third kappa shape index (κ3) is 2.89. The molecule has 3 aromatic rings. The molecule has 0 fully saturated rings. The van der Waals surface area contributed by atoms with Crippen LogP contribution in [0.5, 0.6) is 0 Å². The molecule has 3 rings (SSSR count). The van der Waals surface area contributed by atoms with E-state index in [4.69, 9.17) is 9.15 Å². The number of aromatic amines is 1. The molecular weight excluding hydrogens is 284 g/mol. The summed E-state index contributed by atoms with van der Waals surface area (Å²) in [6.45, 7) is 0. The second-order valence-electron chi connectivity index (χ2n) is 4.54. The average molecular weight is 298 g/mol. The molecule has 0 aliphatic rings. The van der Waals surface area contributed by atoms with Crippen LogP contribution in [0, 0.1) is 0 Å². The van der Waals surface area contributed by atoms with Gasteiger partial charge < -0.3 is 9.15 Å². The lowest BCUT2D eigenvalue weighted by atomic mass is 10.1. The number of H-pyrrole nitrogens is 1. The Balaban J connectivity index is 1.73. The van der Waals surface area contributed by atoms with E-state index in [0.717, 1.165) is 11.1 Å². The first-order valence-corrected chi connectivity index (χ1v) is 6.61. The molecule has 0 aliphatic carbocycles. The smallest absolute Gasteiger partial charge is 0.260 e. The number of methoxy groups -OCH3 is 1. The first-order valence-electron chi connectivity index (χ1n) is 6.61. The van der Waals surface area contributed by atoms with E-state index in [1.54, 1.807) is 6.07 Å². The van der Waals surface area contributed by atoms with Crippen LogP contribution in [-0.4, -0.2) is 28.2 Å². The molecule has 0 saturated carbocycles. The zero-order valence-corrected chi connectivity index (χ0v) is 11.8. The lowest BCUT2D eigenvalue weighted by Crippen LogP contribution is -2.23. The maximum absolute atomic E-state index is 12.3. The fourth-order valence-electron chi connectivity index (χ4n) is 2.04. The third-order valence-corrected chi connectivity index (χ3v) is 3.09. The average Bonchev–Trinajstić information content (AvgIpc) is 3.20. The second kappa shape index (κ2) is 6.23. The second-order valence-corrected chi connectivity index (χ2v) is 4.54. The van der Waals surface area contributed by atoms with Crippen molar-refractivity contribution in [3.8, 4) is 11.4 Å². The molecule has 1 aromatic carbocycles. The van der Waals surface area contributed by atoms with Gasteiger partial charge in [0.25, 0.3) is 5.91 Å². The normalized spacial score (nSPS) is 12.0. The number of carbonyl (C=O) groups excluding carboxylic acids is 1. The van der Waals surface area contributed by atoms with Gasteiger partial charge in [-0.05, 0) is 11.6 Å². The van der Waals surface area contributed by atoms with Crippen molar-refractivity contribution in [2.45, 2.75) is 6.10 Å². The SMILES string of the molecule is CO[C@@H](C(=O)Nc1n[nH]c(-c2ccoc2)n1)c1ccccc1. The van der Waals surface area contributed by atoms with E-state index in [9.17, 15) is 4.79 Å². The number of hydrogen-bond acceptors (Lipinski definition) is 5. The zero-order valence-electron chi connectivity index (χ0n) is 11.8. The third-order valence-electron chi connectivity index (χ3n) is 3.09. The highest BCUT2D eigenvalue weighted by atomic mass is 16.5. The molecule has 0 spiro atoms. The van der Waals surface area contributed by atoms with Crippen LogP contribution >= 0.6 is 0 Å². The van der Waals surface area contributed by atoms with E-state index < -0.39 is 6.10 Å². The Morgan fingerprint density at radius 2 is 2.14 bits per heavy atom. The summed E-state index contributed by atoms with van der Waals surface area (Å²) in [6, 6.07) is 11.0. The number of nitrogens with one attached hydrogen (secondary N) is 2. The van der Waals surface area contributed by atoms with Crippen molar-refractivity contribution in [3.63, 3.8) is 0 Å². The standard InChI is InChI=1S/C15H14N4O3/c1-21-12(10-5-3-2-4-6-10)14(20)17-15-16-13(18-19-15)11-7-8-22-9-11/h2-9,12H,1H3,(H2,16,17,18,19,20)/t12-/m1/s1. The summed E-state index contributed by atoms with van der Waals surface area (Å²) < 4.78 is 10.2. The maximum atomic E-state index is 12.3. The van der Waals surface area contributed by atoms with Crippen molar-refractivity contribution >= 4 is 11.9 Å². The fraction of sp³-hybridized carbons (Fsp3) is 0.133. The molecule has 0 aliphatic heterocycles. The molecule has 2 aromatic heterocycles. The number of rotatable bonds is 5. The highest BCUT2D eigenvalue weighted by molar-refractivity contribution is 5.93. The molecule has 22 heavy (non-hydrogen) atoms. The van der Waals surface area contributed by atoms with Gasteiger partial charge in [-0.25, -0.2) is 0 Å². The summed E-state index contributed by atoms with van der Waals surface area (Å²) in [5.74, 6) is 0.350. The minimum Gasteiger partial charge on any atom is -0.472 e. The van der Waals surface area contributed by atoms with E-state index >= 15 is 0 Å². The van der Waals surface area contributed by atoms with Crippen LogP contribution in [0.15, 0.2) is 53.3 Å². The quantitative estimate of drug-likeness (QED) is 0.754. The summed E-state index contributed by atoms with van der Waals surface area (Å²) in [4.78, 5) is 16.5. The van der Waals surface area contributed by atoms with Gasteiger partial charge in [0.15, 0.2) is 11.9 Å². The Hall–Kier alpha value is -2.93. The van der Waals surface area contributed by atoms with Gasteiger partial charge in [0.05, 0.1) is 11.8 Å². The monoisotopic (exact) mass is 298 g/mol. The van der Waals surface area contributed by atoms with Crippen LogP contribution in [0.3, 0.4) is 0 Å². The van der Waals surface area contributed by atoms with E-state index in [2.05, 4.69) is 20.5 Å². The number of benzene rings is 1. The van der Waals surface area contributed by atoms with Gasteiger partial charge in [-0.1, -0.05) is 30.3 Å². The predicted octanol–water partition coefficient (Wildman–Crippen LogP) is 2.39. The van der Waals surface area contributed by atoms with Gasteiger partial charge in [0.1, 0.15) is 6.26 Å². The molecule has 2 N–H and O–H groups in total. The molecule has 1 amide bonds. The van der Waals surface area contributed by atoms with Gasteiger partial charge in [0, 0.05) is 7.11 Å². The number of aromatic nitrogens is 3. The first kappa shape index (κ1) is 14.0. The van der Waals surface area contributed by atoms with Crippen LogP contribution in [0.1, 0.15) is 11.7 Å². The lowest BCUT2D eigenvalue weighted by Gasteiger charge is -2.13. The Kier molecular flexibility index (Phi) is 3.97. The summed E-state index contributed by atoms with van der Waals surface area (Å²) in [5, 5.41) is 9.32. The Morgan fingerprint density at radius 1 is 1.32 bits per heavy atom. The Labute approximate surface area is 126 Å². The summed E-state index contributed by atoms with van der Waals surface area (Å²) >= 11 is 0. The van der Waals surface area contributed by atoms with Crippen LogP contribution in [0.2, 0.25) is 0 Å². The largest absolute Gasteiger partial charge is 0.472 e. The van der Waals surface area contributed by atoms with Gasteiger partial charge in [-0.2, -0.15) is 4.98 Å². The van der Waals surface area contributed by atoms with Crippen LogP contribution < -0.4 is 5.32 Å². The number of ether oxygens (including phenoxy) is 1. The van der Waals surface area contributed by atoms with Crippen LogP contribution in [0.25, 0.3) is 11.4 Å². The van der Waals surface area contributed by atoms with Crippen molar-refractivity contribution < 1.29 is 13.9 Å². The molecule has 0 saturated heterocycles. The molecular formula is C15H14N4O3. The summed E-state index contributed by atoms with van der Waals surface area (Å²) in [5.41, 5.74) is 1.51. The highest BCUT2D eigenvalue weighted by Gasteiger charge is 2.21. The summed E-state index contributed by atoms with van der Waals surface area (Å²) in [7, 11) is 1.48. The van der Waals surface area contributed by atoms with Crippen molar-refractivity contribution in [2.24, 2.45) is 0 Å². The van der Waals surface area contributed by atoms with Crippen molar-refractivity contribution in [1.29, 1.82) is 0 Å². The van der Waals surface area contributed by atoms with Crippen LogP contribution in [-0.2, 0) is 9.53 Å². The molecule has 112 valence electrons. The van der Waals surface area contributed by atoms with Crippen LogP contribution in [0.4, 0.5) is 5.95 Å². The number of anilines is 1. The molecule has 7 heteroatoms. The molecule has 7 nitrogen and oxygen atoms in total. The summed E-state index contributed by atoms with van der Waals surface area (Å²) in [6.07, 6.45) is 2.35. The number of carbonyl (C=O) groups is 1. The van der Waals surface area contributed by atoms with E-state index in [1.165, 1.54) is 19.6 Å². The Morgan fingerprint density at radius 3 is 2.82 bits per heavy atom. The van der Waals surface area contributed by atoms with Gasteiger partial charge in [0.2, 0.25) is 5.95 Å². The van der Waals surface area contributed by atoms with Gasteiger partial charge in [-0.15, -0.1) is 5.10 Å². The number of furan rings is 1. The maximum Gasteiger partial charge on any atom is 0.260 e. The topological polar surface area (TPSA) is 93.0 Å². The van der Waals surface area contributed by atoms with Crippen molar-refractivity contribution in [1.82, 2.24) is 15.2 Å². The molecule has 1 atom stereocenters. The fourth-order valence-corrected chi connectivity index (χ4v) is 2.04. The number of amides is 1. The van der Waals surface area contributed by atoms with Gasteiger partial charge in [-0.3, -0.25) is 15.2 Å². The van der Waals surface area contributed by atoms with Gasteiger partial charge >= 0.3 is 0 Å². The molecule has 0 radical (unpaired) electrons. The lowest BCUT2D eigenvalue weighted by molar-refractivity contribution is -0.126. The van der Waals surface area contributed by atoms with E-state index in [0.29, 0.717) is 5.82 Å². The van der Waals surface area contributed by atoms with E-state index in [1.807, 2.05) is 30.3 Å². The molecule has 0 bridgehead atoms. The minimum atomic E-state index is -0.725.